The van der Waals surface area contributed by atoms with Gasteiger partial charge in [-0.3, -0.25) is 4.79 Å². The van der Waals surface area contributed by atoms with Crippen LogP contribution in [0.3, 0.4) is 0 Å². The van der Waals surface area contributed by atoms with Gasteiger partial charge in [0.05, 0.1) is 11.5 Å². The van der Waals surface area contributed by atoms with Crippen LogP contribution in [0.2, 0.25) is 0 Å². The first-order chi connectivity index (χ1) is 13.4. The first-order valence-corrected chi connectivity index (χ1v) is 10.4. The van der Waals surface area contributed by atoms with Crippen molar-refractivity contribution in [2.75, 3.05) is 18.1 Å². The Morgan fingerprint density at radius 1 is 1.25 bits per heavy atom. The second-order valence-corrected chi connectivity index (χ2v) is 8.66. The highest BCUT2D eigenvalue weighted by atomic mass is 32.2. The normalized spacial score (nSPS) is 17.8. The lowest BCUT2D eigenvalue weighted by Crippen LogP contribution is -2.43. The van der Waals surface area contributed by atoms with Gasteiger partial charge in [-0.05, 0) is 34.0 Å². The van der Waals surface area contributed by atoms with Crippen molar-refractivity contribution in [2.24, 2.45) is 0 Å². The Morgan fingerprint density at radius 2 is 2.00 bits per heavy atom. The number of nitro groups is 1. The summed E-state index contributed by atoms with van der Waals surface area (Å²) in [7, 11) is -3.19. The Bertz CT molecular complexity index is 964. The van der Waals surface area contributed by atoms with Gasteiger partial charge in [0.2, 0.25) is 5.75 Å². The quantitative estimate of drug-likeness (QED) is 0.507. The number of ether oxygens (including phenoxy) is 1. The van der Waals surface area contributed by atoms with E-state index in [9.17, 15) is 23.3 Å². The third-order valence-corrected chi connectivity index (χ3v) is 6.19. The molecule has 1 aliphatic rings. The van der Waals surface area contributed by atoms with Crippen LogP contribution in [-0.4, -0.2) is 53.3 Å². The van der Waals surface area contributed by atoms with Crippen LogP contribution >= 0.6 is 0 Å². The maximum atomic E-state index is 12.8. The van der Waals surface area contributed by atoms with Crippen LogP contribution in [-0.2, 0) is 21.2 Å². The highest BCUT2D eigenvalue weighted by Gasteiger charge is 2.35. The van der Waals surface area contributed by atoms with Crippen LogP contribution in [0, 0.1) is 10.1 Å². The van der Waals surface area contributed by atoms with Crippen molar-refractivity contribution in [1.29, 1.82) is 0 Å². The van der Waals surface area contributed by atoms with Crippen molar-refractivity contribution in [3.63, 3.8) is 0 Å². The molecule has 3 rings (SSSR count). The molecule has 1 aromatic carbocycles. The van der Waals surface area contributed by atoms with E-state index < -0.39 is 39.1 Å². The molecule has 0 N–H and O–H groups in total. The van der Waals surface area contributed by atoms with Crippen molar-refractivity contribution < 1.29 is 22.9 Å². The molecule has 2 heterocycles. The standard InChI is InChI=1S/C18H19N3O6S/c22-17(12-27-16-7-4-9-19-18(16)21(23)24)20(11-14-5-2-1-3-6-14)15-8-10-28(25,26)13-15/h1-7,9,15H,8,10-13H2/t15-/m1/s1. The molecule has 28 heavy (non-hydrogen) atoms. The molecule has 1 aliphatic heterocycles. The summed E-state index contributed by atoms with van der Waals surface area (Å²) in [6, 6.07) is 11.6. The van der Waals surface area contributed by atoms with Gasteiger partial charge >= 0.3 is 5.82 Å². The smallest absolute Gasteiger partial charge is 0.406 e. The summed E-state index contributed by atoms with van der Waals surface area (Å²) < 4.78 is 29.1. The number of nitrogens with zero attached hydrogens (tertiary/aromatic N) is 3. The van der Waals surface area contributed by atoms with Crippen LogP contribution in [0.15, 0.2) is 48.7 Å². The Morgan fingerprint density at radius 3 is 2.64 bits per heavy atom. The van der Waals surface area contributed by atoms with Crippen LogP contribution in [0.25, 0.3) is 0 Å². The highest BCUT2D eigenvalue weighted by Crippen LogP contribution is 2.24. The molecule has 1 saturated heterocycles. The molecule has 0 saturated carbocycles. The van der Waals surface area contributed by atoms with Gasteiger partial charge in [0.25, 0.3) is 5.91 Å². The zero-order chi connectivity index (χ0) is 20.1. The molecule has 0 unspecified atom stereocenters. The van der Waals surface area contributed by atoms with E-state index in [-0.39, 0.29) is 23.8 Å². The maximum Gasteiger partial charge on any atom is 0.406 e. The zero-order valence-electron chi connectivity index (χ0n) is 14.9. The van der Waals surface area contributed by atoms with Crippen molar-refractivity contribution in [3.8, 4) is 5.75 Å². The van der Waals surface area contributed by atoms with Crippen LogP contribution in [0.5, 0.6) is 5.75 Å². The van der Waals surface area contributed by atoms with Gasteiger partial charge in [0.15, 0.2) is 16.4 Å². The Hall–Kier alpha value is -3.01. The Labute approximate surface area is 162 Å². The number of carbonyl (C=O) groups is 1. The molecule has 1 aromatic heterocycles. The van der Waals surface area contributed by atoms with Gasteiger partial charge in [-0.25, -0.2) is 8.42 Å². The highest BCUT2D eigenvalue weighted by molar-refractivity contribution is 7.91. The molecule has 1 fully saturated rings. The molecule has 0 radical (unpaired) electrons. The van der Waals surface area contributed by atoms with Gasteiger partial charge in [0, 0.05) is 12.6 Å². The monoisotopic (exact) mass is 405 g/mol. The van der Waals surface area contributed by atoms with Gasteiger partial charge < -0.3 is 19.8 Å². The number of rotatable bonds is 7. The maximum absolute atomic E-state index is 12.8. The zero-order valence-corrected chi connectivity index (χ0v) is 15.7. The Kier molecular flexibility index (Phi) is 5.88. The van der Waals surface area contributed by atoms with Gasteiger partial charge in [-0.15, -0.1) is 0 Å². The second kappa shape index (κ2) is 8.34. The molecule has 9 nitrogen and oxygen atoms in total. The van der Waals surface area contributed by atoms with E-state index in [0.29, 0.717) is 6.42 Å². The predicted octanol–water partition coefficient (Wildman–Crippen LogP) is 1.58. The van der Waals surface area contributed by atoms with Crippen LogP contribution < -0.4 is 4.74 Å². The summed E-state index contributed by atoms with van der Waals surface area (Å²) in [5, 5.41) is 11.0. The number of sulfone groups is 1. The van der Waals surface area contributed by atoms with Crippen molar-refractivity contribution >= 4 is 21.6 Å². The second-order valence-electron chi connectivity index (χ2n) is 6.44. The number of benzene rings is 1. The predicted molar refractivity (Wildman–Crippen MR) is 100 cm³/mol. The lowest BCUT2D eigenvalue weighted by atomic mass is 10.1. The molecule has 1 atom stereocenters. The number of hydrogen-bond donors (Lipinski definition) is 0. The summed E-state index contributed by atoms with van der Waals surface area (Å²) in [5.74, 6) is -1.10. The molecule has 10 heteroatoms. The third kappa shape index (κ3) is 4.83. The number of hydrogen-bond acceptors (Lipinski definition) is 7. The topological polar surface area (TPSA) is 120 Å². The van der Waals surface area contributed by atoms with Gasteiger partial charge in [-0.1, -0.05) is 30.3 Å². The molecule has 0 aliphatic carbocycles. The van der Waals surface area contributed by atoms with Gasteiger partial charge in [-0.2, -0.15) is 0 Å². The minimum absolute atomic E-state index is 0.0329. The lowest BCUT2D eigenvalue weighted by Gasteiger charge is -2.28. The molecule has 2 aromatic rings. The summed E-state index contributed by atoms with van der Waals surface area (Å²) in [5.41, 5.74) is 0.854. The van der Waals surface area contributed by atoms with Crippen molar-refractivity contribution in [3.05, 3.63) is 64.3 Å². The number of aromatic nitrogens is 1. The van der Waals surface area contributed by atoms with E-state index >= 15 is 0 Å². The summed E-state index contributed by atoms with van der Waals surface area (Å²) in [4.78, 5) is 28.3. The van der Waals surface area contributed by atoms with E-state index in [2.05, 4.69) is 4.98 Å². The molecular formula is C18H19N3O6S. The average molecular weight is 405 g/mol. The number of pyridine rings is 1. The lowest BCUT2D eigenvalue weighted by molar-refractivity contribution is -0.390. The number of amides is 1. The Balaban J connectivity index is 1.76. The van der Waals surface area contributed by atoms with E-state index in [0.717, 1.165) is 5.56 Å². The van der Waals surface area contributed by atoms with E-state index in [1.165, 1.54) is 23.2 Å². The number of carbonyl (C=O) groups excluding carboxylic acids is 1. The third-order valence-electron chi connectivity index (χ3n) is 4.44. The SMILES string of the molecule is O=C(COc1cccnc1[N+](=O)[O-])N(Cc1ccccc1)[C@@H]1CCS(=O)(=O)C1. The minimum Gasteiger partial charge on any atom is -0.476 e. The van der Waals surface area contributed by atoms with Crippen molar-refractivity contribution in [2.45, 2.75) is 19.0 Å². The molecule has 148 valence electrons. The summed E-state index contributed by atoms with van der Waals surface area (Å²) in [6.07, 6.45) is 1.62. The summed E-state index contributed by atoms with van der Waals surface area (Å²) >= 11 is 0. The van der Waals surface area contributed by atoms with Crippen molar-refractivity contribution in [1.82, 2.24) is 9.88 Å². The summed E-state index contributed by atoms with van der Waals surface area (Å²) in [6.45, 7) is -0.214. The fourth-order valence-corrected chi connectivity index (χ4v) is 4.81. The largest absolute Gasteiger partial charge is 0.476 e. The molecule has 0 bridgehead atoms. The molecular weight excluding hydrogens is 386 g/mol. The molecule has 1 amide bonds. The first-order valence-electron chi connectivity index (χ1n) is 8.62. The fourth-order valence-electron chi connectivity index (χ4n) is 3.08. The van der Waals surface area contributed by atoms with E-state index in [1.54, 1.807) is 0 Å². The van der Waals surface area contributed by atoms with E-state index in [4.69, 9.17) is 4.74 Å². The minimum atomic E-state index is -3.19. The van der Waals surface area contributed by atoms with E-state index in [1.807, 2.05) is 30.3 Å². The van der Waals surface area contributed by atoms with Crippen LogP contribution in [0.4, 0.5) is 5.82 Å². The first kappa shape index (κ1) is 19.7. The molecule has 0 spiro atoms. The van der Waals surface area contributed by atoms with Crippen LogP contribution in [0.1, 0.15) is 12.0 Å². The average Bonchev–Trinajstić information content (AvgIpc) is 3.04. The fraction of sp³-hybridized carbons (Fsp3) is 0.333. The van der Waals surface area contributed by atoms with Gasteiger partial charge in [0.1, 0.15) is 6.20 Å².